The highest BCUT2D eigenvalue weighted by Gasteiger charge is 2.15. The van der Waals surface area contributed by atoms with Gasteiger partial charge in [-0.25, -0.2) is 4.39 Å². The molecule has 0 fully saturated rings. The van der Waals surface area contributed by atoms with Crippen LogP contribution in [0.5, 0.6) is 5.75 Å². The maximum absolute atomic E-state index is 13.5. The summed E-state index contributed by atoms with van der Waals surface area (Å²) in [7, 11) is 1.46. The topological polar surface area (TPSA) is 21.3 Å². The van der Waals surface area contributed by atoms with Gasteiger partial charge in [0.2, 0.25) is 0 Å². The van der Waals surface area contributed by atoms with Crippen molar-refractivity contribution in [3.8, 4) is 5.75 Å². The first-order valence-electron chi connectivity index (χ1n) is 6.48. The molecule has 0 saturated heterocycles. The fraction of sp³-hybridized carbons (Fsp3) is 0.250. The third kappa shape index (κ3) is 3.30. The summed E-state index contributed by atoms with van der Waals surface area (Å²) >= 11 is 6.05. The number of nitrogens with one attached hydrogen (secondary N) is 1. The molecule has 2 aromatic rings. The van der Waals surface area contributed by atoms with Crippen molar-refractivity contribution in [2.45, 2.75) is 13.0 Å². The fourth-order valence-corrected chi connectivity index (χ4v) is 2.37. The van der Waals surface area contributed by atoms with Crippen molar-refractivity contribution >= 4 is 11.6 Å². The molecule has 20 heavy (non-hydrogen) atoms. The minimum Gasteiger partial charge on any atom is -0.494 e. The molecule has 1 N–H and O–H groups in total. The monoisotopic (exact) mass is 293 g/mol. The molecule has 0 heterocycles. The van der Waals surface area contributed by atoms with E-state index in [0.717, 1.165) is 17.7 Å². The second-order valence-corrected chi connectivity index (χ2v) is 4.88. The SMILES string of the molecule is CCNC(c1cccc(Cl)c1)c1ccc(F)c(OC)c1. The first kappa shape index (κ1) is 14.8. The van der Waals surface area contributed by atoms with Crippen LogP contribution in [0.4, 0.5) is 4.39 Å². The van der Waals surface area contributed by atoms with Gasteiger partial charge in [0, 0.05) is 5.02 Å². The van der Waals surface area contributed by atoms with Gasteiger partial charge in [-0.15, -0.1) is 0 Å². The zero-order valence-corrected chi connectivity index (χ0v) is 12.2. The molecule has 106 valence electrons. The average Bonchev–Trinajstić information content (AvgIpc) is 2.45. The van der Waals surface area contributed by atoms with Gasteiger partial charge in [-0.05, 0) is 41.9 Å². The van der Waals surface area contributed by atoms with Crippen molar-refractivity contribution in [2.75, 3.05) is 13.7 Å². The van der Waals surface area contributed by atoms with Crippen LogP contribution in [0.3, 0.4) is 0 Å². The van der Waals surface area contributed by atoms with Crippen LogP contribution in [-0.2, 0) is 0 Å². The Morgan fingerprint density at radius 1 is 1.20 bits per heavy atom. The van der Waals surface area contributed by atoms with Crippen LogP contribution in [0, 0.1) is 5.82 Å². The molecule has 1 atom stereocenters. The van der Waals surface area contributed by atoms with Crippen LogP contribution in [0.15, 0.2) is 42.5 Å². The largest absolute Gasteiger partial charge is 0.494 e. The highest BCUT2D eigenvalue weighted by molar-refractivity contribution is 6.30. The van der Waals surface area contributed by atoms with Gasteiger partial charge in [0.15, 0.2) is 11.6 Å². The highest BCUT2D eigenvalue weighted by atomic mass is 35.5. The van der Waals surface area contributed by atoms with E-state index in [-0.39, 0.29) is 17.6 Å². The molecule has 0 spiro atoms. The lowest BCUT2D eigenvalue weighted by Crippen LogP contribution is -2.22. The van der Waals surface area contributed by atoms with Gasteiger partial charge in [-0.1, -0.05) is 36.7 Å². The third-order valence-electron chi connectivity index (χ3n) is 3.10. The predicted molar refractivity (Wildman–Crippen MR) is 79.9 cm³/mol. The van der Waals surface area contributed by atoms with E-state index in [1.54, 1.807) is 12.1 Å². The zero-order valence-electron chi connectivity index (χ0n) is 11.5. The Morgan fingerprint density at radius 3 is 2.60 bits per heavy atom. The summed E-state index contributed by atoms with van der Waals surface area (Å²) in [6.45, 7) is 2.81. The summed E-state index contributed by atoms with van der Waals surface area (Å²) in [6.07, 6.45) is 0. The van der Waals surface area contributed by atoms with Crippen molar-refractivity contribution in [3.63, 3.8) is 0 Å². The second-order valence-electron chi connectivity index (χ2n) is 4.44. The van der Waals surface area contributed by atoms with Crippen molar-refractivity contribution in [1.82, 2.24) is 5.32 Å². The Morgan fingerprint density at radius 2 is 1.95 bits per heavy atom. The Bertz CT molecular complexity index is 588. The van der Waals surface area contributed by atoms with Gasteiger partial charge in [0.1, 0.15) is 0 Å². The van der Waals surface area contributed by atoms with E-state index < -0.39 is 0 Å². The van der Waals surface area contributed by atoms with Crippen LogP contribution in [0.25, 0.3) is 0 Å². The van der Waals surface area contributed by atoms with Gasteiger partial charge >= 0.3 is 0 Å². The number of rotatable bonds is 5. The lowest BCUT2D eigenvalue weighted by molar-refractivity contribution is 0.385. The number of benzene rings is 2. The second kappa shape index (κ2) is 6.73. The molecule has 0 saturated carbocycles. The van der Waals surface area contributed by atoms with Crippen LogP contribution in [0.1, 0.15) is 24.1 Å². The lowest BCUT2D eigenvalue weighted by Gasteiger charge is -2.20. The van der Waals surface area contributed by atoms with Gasteiger partial charge in [-0.2, -0.15) is 0 Å². The summed E-state index contributed by atoms with van der Waals surface area (Å²) in [5.74, 6) is -0.120. The van der Waals surface area contributed by atoms with Crippen molar-refractivity contribution in [1.29, 1.82) is 0 Å². The van der Waals surface area contributed by atoms with Gasteiger partial charge in [0.05, 0.1) is 13.2 Å². The maximum atomic E-state index is 13.5. The minimum absolute atomic E-state index is 0.0480. The maximum Gasteiger partial charge on any atom is 0.165 e. The standard InChI is InChI=1S/C16H17ClFNO/c1-3-19-16(11-5-4-6-13(17)9-11)12-7-8-14(18)15(10-12)20-2/h4-10,16,19H,3H2,1-2H3. The first-order chi connectivity index (χ1) is 9.65. The minimum atomic E-state index is -0.363. The Labute approximate surface area is 123 Å². The third-order valence-corrected chi connectivity index (χ3v) is 3.33. The molecule has 0 amide bonds. The van der Waals surface area contributed by atoms with E-state index in [9.17, 15) is 4.39 Å². The van der Waals surface area contributed by atoms with Crippen LogP contribution in [0.2, 0.25) is 5.02 Å². The molecule has 4 heteroatoms. The molecule has 0 radical (unpaired) electrons. The first-order valence-corrected chi connectivity index (χ1v) is 6.85. The van der Waals surface area contributed by atoms with Crippen LogP contribution >= 0.6 is 11.6 Å². The normalized spacial score (nSPS) is 12.2. The number of halogens is 2. The summed E-state index contributed by atoms with van der Waals surface area (Å²) in [4.78, 5) is 0. The summed E-state index contributed by atoms with van der Waals surface area (Å²) in [6, 6.07) is 12.5. The van der Waals surface area contributed by atoms with E-state index in [4.69, 9.17) is 16.3 Å². The Hall–Kier alpha value is -1.58. The van der Waals surface area contributed by atoms with Gasteiger partial charge in [-0.3, -0.25) is 0 Å². The fourth-order valence-electron chi connectivity index (χ4n) is 2.17. The van der Waals surface area contributed by atoms with E-state index in [2.05, 4.69) is 5.32 Å². The van der Waals surface area contributed by atoms with Crippen LogP contribution < -0.4 is 10.1 Å². The Kier molecular flexibility index (Phi) is 4.99. The molecule has 0 aliphatic carbocycles. The molecule has 1 unspecified atom stereocenters. The number of methoxy groups -OCH3 is 1. The quantitative estimate of drug-likeness (QED) is 0.892. The van der Waals surface area contributed by atoms with E-state index in [1.165, 1.54) is 13.2 Å². The number of ether oxygens (including phenoxy) is 1. The lowest BCUT2D eigenvalue weighted by atomic mass is 9.98. The van der Waals surface area contributed by atoms with Crippen molar-refractivity contribution in [3.05, 3.63) is 64.4 Å². The predicted octanol–water partition coefficient (Wildman–Crippen LogP) is 4.19. The zero-order chi connectivity index (χ0) is 14.5. The van der Waals surface area contributed by atoms with Gasteiger partial charge < -0.3 is 10.1 Å². The average molecular weight is 294 g/mol. The number of hydrogen-bond acceptors (Lipinski definition) is 2. The summed E-state index contributed by atoms with van der Waals surface area (Å²) < 4.78 is 18.6. The highest BCUT2D eigenvalue weighted by Crippen LogP contribution is 2.28. The smallest absolute Gasteiger partial charge is 0.165 e. The molecule has 2 rings (SSSR count). The van der Waals surface area contributed by atoms with E-state index in [0.29, 0.717) is 5.02 Å². The summed E-state index contributed by atoms with van der Waals surface area (Å²) in [5.41, 5.74) is 1.97. The molecule has 0 aliphatic heterocycles. The molecule has 0 aliphatic rings. The van der Waals surface area contributed by atoms with Crippen molar-refractivity contribution < 1.29 is 9.13 Å². The number of hydrogen-bond donors (Lipinski definition) is 1. The van der Waals surface area contributed by atoms with Gasteiger partial charge in [0.25, 0.3) is 0 Å². The Balaban J connectivity index is 2.42. The van der Waals surface area contributed by atoms with E-state index >= 15 is 0 Å². The molecular weight excluding hydrogens is 277 g/mol. The molecule has 2 aromatic carbocycles. The molecule has 0 bridgehead atoms. The summed E-state index contributed by atoms with van der Waals surface area (Å²) in [5, 5.41) is 4.06. The molecular formula is C16H17ClFNO. The van der Waals surface area contributed by atoms with Crippen LogP contribution in [-0.4, -0.2) is 13.7 Å². The van der Waals surface area contributed by atoms with Crippen molar-refractivity contribution in [2.24, 2.45) is 0 Å². The molecule has 2 nitrogen and oxygen atoms in total. The van der Waals surface area contributed by atoms with E-state index in [1.807, 2.05) is 31.2 Å². The molecule has 0 aromatic heterocycles.